The molecule has 1 amide bonds. The number of benzene rings is 3. The zero-order valence-corrected chi connectivity index (χ0v) is 38.5. The molecule has 2 heterocycles. The highest BCUT2D eigenvalue weighted by Crippen LogP contribution is 2.62. The van der Waals surface area contributed by atoms with Gasteiger partial charge in [-0.15, -0.1) is 6.58 Å². The summed E-state index contributed by atoms with van der Waals surface area (Å²) in [4.78, 5) is 34.7. The topological polar surface area (TPSA) is 162 Å². The summed E-state index contributed by atoms with van der Waals surface area (Å²) in [7, 11) is 0. The van der Waals surface area contributed by atoms with Crippen LogP contribution in [0.2, 0.25) is 0 Å². The van der Waals surface area contributed by atoms with Crippen LogP contribution in [0.5, 0.6) is 17.2 Å². The maximum absolute atomic E-state index is 15.2. The molecule has 67 heavy (non-hydrogen) atoms. The van der Waals surface area contributed by atoms with Crippen LogP contribution in [0.4, 0.5) is 10.1 Å². The third kappa shape index (κ3) is 11.3. The van der Waals surface area contributed by atoms with Crippen LogP contribution in [-0.2, 0) is 25.7 Å². The second-order valence-electron chi connectivity index (χ2n) is 18.9. The number of hydrogen-bond donors (Lipinski definition) is 2. The van der Waals surface area contributed by atoms with Crippen LogP contribution in [0, 0.1) is 39.6 Å². The van der Waals surface area contributed by atoms with Crippen molar-refractivity contribution in [3.05, 3.63) is 118 Å². The number of oxime groups is 1. The van der Waals surface area contributed by atoms with Crippen LogP contribution in [-0.4, -0.2) is 76.2 Å². The fourth-order valence-electron chi connectivity index (χ4n) is 11.4. The number of aliphatic hydroxyl groups is 2. The average Bonchev–Trinajstić information content (AvgIpc) is 3.87. The quantitative estimate of drug-likeness (QED) is 0.0429. The normalized spacial score (nSPS) is 26.2. The third-order valence-corrected chi connectivity index (χ3v) is 14.5. The lowest BCUT2D eigenvalue weighted by Crippen LogP contribution is -2.70. The Labute approximate surface area is 393 Å². The van der Waals surface area contributed by atoms with E-state index in [1.807, 2.05) is 17.0 Å². The molecule has 0 bridgehead atoms. The number of fused-ring (bicyclic) bond motifs is 2. The second kappa shape index (κ2) is 22.8. The van der Waals surface area contributed by atoms with E-state index in [0.717, 1.165) is 87.3 Å². The summed E-state index contributed by atoms with van der Waals surface area (Å²) in [5.74, 6) is -1.05. The molecule has 360 valence electrons. The molecule has 7 atom stereocenters. The molecule has 14 heteroatoms. The number of hydrogen-bond acceptors (Lipinski definition) is 11. The maximum Gasteiger partial charge on any atom is 0.273 e. The number of nitrogens with zero attached hydrogens (tertiary/aromatic N) is 3. The van der Waals surface area contributed by atoms with Gasteiger partial charge in [0.1, 0.15) is 29.1 Å². The van der Waals surface area contributed by atoms with Crippen molar-refractivity contribution in [1.29, 1.82) is 0 Å². The second-order valence-corrected chi connectivity index (χ2v) is 18.9. The van der Waals surface area contributed by atoms with Gasteiger partial charge in [-0.25, -0.2) is 4.39 Å². The van der Waals surface area contributed by atoms with Gasteiger partial charge in [-0.2, -0.15) is 0 Å². The summed E-state index contributed by atoms with van der Waals surface area (Å²) in [6.45, 7) is 5.02. The molecular formula is C53H66FN3O10. The van der Waals surface area contributed by atoms with Crippen LogP contribution in [0.1, 0.15) is 120 Å². The van der Waals surface area contributed by atoms with Gasteiger partial charge in [-0.05, 0) is 110 Å². The van der Waals surface area contributed by atoms with Crippen molar-refractivity contribution in [2.45, 2.75) is 133 Å². The van der Waals surface area contributed by atoms with Crippen LogP contribution in [0.15, 0.2) is 96.2 Å². The first-order valence-corrected chi connectivity index (χ1v) is 24.5. The molecular weight excluding hydrogens is 858 g/mol. The molecule has 3 aromatic carbocycles. The fourth-order valence-corrected chi connectivity index (χ4v) is 11.4. The minimum absolute atomic E-state index is 0.00179. The van der Waals surface area contributed by atoms with Gasteiger partial charge in [0, 0.05) is 56.6 Å². The van der Waals surface area contributed by atoms with Crippen molar-refractivity contribution in [3.8, 4) is 17.2 Å². The number of nitro groups is 1. The Hall–Kier alpha value is -5.15. The Morgan fingerprint density at radius 3 is 2.45 bits per heavy atom. The highest BCUT2D eigenvalue weighted by Gasteiger charge is 2.65. The first-order valence-electron chi connectivity index (χ1n) is 24.5. The molecule has 1 saturated heterocycles. The largest absolute Gasteiger partial charge is 0.459 e. The molecule has 2 saturated carbocycles. The van der Waals surface area contributed by atoms with E-state index in [1.54, 1.807) is 36.4 Å². The number of allylic oxidation sites excluding steroid dienone is 1. The van der Waals surface area contributed by atoms with Crippen molar-refractivity contribution in [2.24, 2.45) is 28.8 Å². The predicted molar refractivity (Wildman–Crippen MR) is 251 cm³/mol. The van der Waals surface area contributed by atoms with Gasteiger partial charge in [0.05, 0.1) is 35.8 Å². The van der Waals surface area contributed by atoms with Crippen LogP contribution >= 0.6 is 0 Å². The van der Waals surface area contributed by atoms with E-state index in [0.29, 0.717) is 61.2 Å². The van der Waals surface area contributed by atoms with Crippen molar-refractivity contribution in [3.63, 3.8) is 0 Å². The van der Waals surface area contributed by atoms with Crippen molar-refractivity contribution in [1.82, 2.24) is 4.90 Å². The van der Waals surface area contributed by atoms with Crippen molar-refractivity contribution < 1.29 is 48.1 Å². The zero-order chi connectivity index (χ0) is 46.8. The monoisotopic (exact) mass is 923 g/mol. The minimum Gasteiger partial charge on any atom is -0.459 e. The van der Waals surface area contributed by atoms with Gasteiger partial charge in [0.25, 0.3) is 5.69 Å². The fraction of sp³-hybridized carbons (Fsp3) is 0.547. The minimum atomic E-state index is -1.49. The number of rotatable bonds is 22. The Balaban J connectivity index is 1.32. The lowest BCUT2D eigenvalue weighted by atomic mass is 9.55. The van der Waals surface area contributed by atoms with Crippen molar-refractivity contribution in [2.75, 3.05) is 26.4 Å². The Morgan fingerprint density at radius 1 is 0.955 bits per heavy atom. The van der Waals surface area contributed by atoms with Gasteiger partial charge >= 0.3 is 0 Å². The molecule has 3 aromatic rings. The zero-order valence-electron chi connectivity index (χ0n) is 38.5. The highest BCUT2D eigenvalue weighted by molar-refractivity contribution is 6.03. The predicted octanol–water partition coefficient (Wildman–Crippen LogP) is 10.7. The van der Waals surface area contributed by atoms with Gasteiger partial charge in [0.15, 0.2) is 0 Å². The van der Waals surface area contributed by atoms with E-state index in [4.69, 9.17) is 28.9 Å². The van der Waals surface area contributed by atoms with Gasteiger partial charge in [-0.3, -0.25) is 14.9 Å². The summed E-state index contributed by atoms with van der Waals surface area (Å²) in [6.07, 6.45) is 16.1. The average molecular weight is 924 g/mol. The number of halogens is 1. The molecule has 5 aliphatic rings. The van der Waals surface area contributed by atoms with Crippen LogP contribution < -0.4 is 9.47 Å². The van der Waals surface area contributed by atoms with E-state index in [-0.39, 0.29) is 68.0 Å². The first kappa shape index (κ1) is 48.3. The maximum atomic E-state index is 15.2. The molecule has 7 unspecified atom stereocenters. The molecule has 13 nitrogen and oxygen atoms in total. The highest BCUT2D eigenvalue weighted by atomic mass is 19.1. The summed E-state index contributed by atoms with van der Waals surface area (Å²) >= 11 is 0. The van der Waals surface area contributed by atoms with Gasteiger partial charge in [-0.1, -0.05) is 74.0 Å². The smallest absolute Gasteiger partial charge is 0.273 e. The number of carbonyl (C=O) groups excluding carboxylic acids is 1. The van der Waals surface area contributed by atoms with E-state index < -0.39 is 29.0 Å². The summed E-state index contributed by atoms with van der Waals surface area (Å²) in [5.41, 5.74) is 3.07. The standard InChI is InChI=1S/C53H66FN3O10/c1-2-29-64-53-48(56(35-37-19-22-39(54)23-20-37)49(60)26-21-36-12-3-4-13-36)34-46(55-67-50-18-7-10-30-63-50)44-31-38(14-5-8-27-58)43(17-6-9-28-59)51(52(44)53)45-33-42(24-25-47(45)66-53)65-41-16-11-15-40(32-41)57(61)62/h2,11,15-16,19-20,22-25,31-33,36,38,43,48,50-52,58-59H,1,3-10,12-14,17-18,21,26-30,34-35H2. The Morgan fingerprint density at radius 2 is 1.72 bits per heavy atom. The van der Waals surface area contributed by atoms with Crippen molar-refractivity contribution >= 4 is 17.3 Å². The number of nitro benzene ring substituents is 1. The lowest BCUT2D eigenvalue weighted by Gasteiger charge is -2.60. The SMILES string of the molecule is C=CCOC12Oc3ccc(Oc4cccc([N+](=O)[O-])c4)cc3C3C(CCCCO)C(CCCCO)C=C(C(=NOC4CCCCO4)CC1N(Cc1ccc(F)cc1)C(=O)CCC1CCCC1)C32. The van der Waals surface area contributed by atoms with E-state index in [9.17, 15) is 24.7 Å². The van der Waals surface area contributed by atoms with E-state index >= 15 is 4.79 Å². The molecule has 3 aliphatic carbocycles. The molecule has 2 aliphatic heterocycles. The number of non-ortho nitro benzene ring substituents is 1. The molecule has 2 N–H and O–H groups in total. The van der Waals surface area contributed by atoms with E-state index in [1.165, 1.54) is 24.3 Å². The van der Waals surface area contributed by atoms with Gasteiger partial charge in [0.2, 0.25) is 18.0 Å². The molecule has 3 fully saturated rings. The third-order valence-electron chi connectivity index (χ3n) is 14.5. The lowest BCUT2D eigenvalue weighted by molar-refractivity contribution is -0.384. The summed E-state index contributed by atoms with van der Waals surface area (Å²) in [5, 5.41) is 36.8. The number of amides is 1. The molecule has 8 rings (SSSR count). The number of ether oxygens (including phenoxy) is 4. The summed E-state index contributed by atoms with van der Waals surface area (Å²) < 4.78 is 41.5. The first-order chi connectivity index (χ1) is 32.7. The molecule has 0 spiro atoms. The van der Waals surface area contributed by atoms with E-state index in [2.05, 4.69) is 12.7 Å². The Kier molecular flexibility index (Phi) is 16.4. The molecule has 0 aromatic heterocycles. The van der Waals surface area contributed by atoms with Gasteiger partial charge < -0.3 is 38.9 Å². The summed E-state index contributed by atoms with van der Waals surface area (Å²) in [6, 6.07) is 17.2. The number of aliphatic hydroxyl groups excluding tert-OH is 2. The Bertz CT molecular complexity index is 2220. The molecule has 0 radical (unpaired) electrons. The number of unbranched alkanes of at least 4 members (excludes halogenated alkanes) is 2. The van der Waals surface area contributed by atoms with Crippen LogP contribution in [0.25, 0.3) is 0 Å². The number of carbonyl (C=O) groups is 1. The van der Waals surface area contributed by atoms with Crippen LogP contribution in [0.3, 0.4) is 0 Å².